The van der Waals surface area contributed by atoms with Crippen LogP contribution in [0.5, 0.6) is 11.6 Å². The summed E-state index contributed by atoms with van der Waals surface area (Å²) in [6.07, 6.45) is 1.33. The van der Waals surface area contributed by atoms with Crippen LogP contribution in [-0.2, 0) is 0 Å². The lowest BCUT2D eigenvalue weighted by Crippen LogP contribution is -2.11. The molecule has 0 unspecified atom stereocenters. The molecule has 100 valence electrons. The number of fused-ring (bicyclic) bond motifs is 1. The zero-order valence-corrected chi connectivity index (χ0v) is 13.8. The number of H-pyrrole nitrogens is 1. The summed E-state index contributed by atoms with van der Waals surface area (Å²) < 4.78 is 7.14. The Morgan fingerprint density at radius 3 is 2.75 bits per heavy atom. The van der Waals surface area contributed by atoms with Crippen molar-refractivity contribution in [1.82, 2.24) is 9.97 Å². The van der Waals surface area contributed by atoms with E-state index in [2.05, 4.69) is 25.9 Å². The average molecular weight is 443 g/mol. The third-order valence-corrected chi connectivity index (χ3v) is 4.20. The highest BCUT2D eigenvalue weighted by atomic mass is 127. The van der Waals surface area contributed by atoms with Gasteiger partial charge in [-0.05, 0) is 57.6 Å². The van der Waals surface area contributed by atoms with Gasteiger partial charge in [0.15, 0.2) is 0 Å². The molecular weight excluding hydrogens is 435 g/mol. The van der Waals surface area contributed by atoms with Crippen molar-refractivity contribution in [1.29, 1.82) is 0 Å². The number of hydrogen-bond donors (Lipinski definition) is 1. The molecule has 1 N–H and O–H groups in total. The standard InChI is InChI=1S/C14H8BrIN2O2/c15-10-3-1-9-6-11(4-2-8(9)5-10)20-14-12(16)13(19)17-7-18-14/h1-7H,(H,17,18,19). The van der Waals surface area contributed by atoms with E-state index in [1.165, 1.54) is 6.33 Å². The topological polar surface area (TPSA) is 55.0 Å². The molecule has 0 spiro atoms. The van der Waals surface area contributed by atoms with Crippen molar-refractivity contribution in [3.63, 3.8) is 0 Å². The van der Waals surface area contributed by atoms with Gasteiger partial charge in [0.1, 0.15) is 9.32 Å². The number of ether oxygens (including phenoxy) is 1. The maximum atomic E-state index is 11.5. The van der Waals surface area contributed by atoms with Gasteiger partial charge < -0.3 is 9.72 Å². The first-order chi connectivity index (χ1) is 9.63. The Balaban J connectivity index is 2.01. The summed E-state index contributed by atoms with van der Waals surface area (Å²) >= 11 is 5.36. The van der Waals surface area contributed by atoms with Gasteiger partial charge in [-0.1, -0.05) is 28.1 Å². The van der Waals surface area contributed by atoms with Crippen molar-refractivity contribution in [2.75, 3.05) is 0 Å². The molecule has 0 aliphatic rings. The van der Waals surface area contributed by atoms with E-state index in [0.717, 1.165) is 15.2 Å². The Hall–Kier alpha value is -1.41. The summed E-state index contributed by atoms with van der Waals surface area (Å²) in [6, 6.07) is 11.8. The van der Waals surface area contributed by atoms with Gasteiger partial charge in [-0.3, -0.25) is 4.79 Å². The molecule has 0 saturated carbocycles. The van der Waals surface area contributed by atoms with Crippen LogP contribution in [-0.4, -0.2) is 9.97 Å². The Morgan fingerprint density at radius 2 is 1.90 bits per heavy atom. The molecule has 20 heavy (non-hydrogen) atoms. The summed E-state index contributed by atoms with van der Waals surface area (Å²) in [5, 5.41) is 2.17. The molecule has 0 fully saturated rings. The van der Waals surface area contributed by atoms with Gasteiger partial charge in [-0.25, -0.2) is 4.98 Å². The lowest BCUT2D eigenvalue weighted by molar-refractivity contribution is 0.457. The number of benzene rings is 2. The van der Waals surface area contributed by atoms with Gasteiger partial charge in [0.25, 0.3) is 5.56 Å². The monoisotopic (exact) mass is 442 g/mol. The minimum atomic E-state index is -0.208. The van der Waals surface area contributed by atoms with Crippen LogP contribution in [0, 0.1) is 3.57 Å². The summed E-state index contributed by atoms with van der Waals surface area (Å²) in [5.41, 5.74) is -0.208. The van der Waals surface area contributed by atoms with Crippen LogP contribution >= 0.6 is 38.5 Å². The highest BCUT2D eigenvalue weighted by Gasteiger charge is 2.08. The van der Waals surface area contributed by atoms with E-state index in [1.54, 1.807) is 0 Å². The van der Waals surface area contributed by atoms with Crippen LogP contribution in [0.1, 0.15) is 0 Å². The van der Waals surface area contributed by atoms with Crippen LogP contribution in [0.15, 0.2) is 52.0 Å². The van der Waals surface area contributed by atoms with Crippen LogP contribution in [0.2, 0.25) is 0 Å². The van der Waals surface area contributed by atoms with E-state index >= 15 is 0 Å². The van der Waals surface area contributed by atoms with Gasteiger partial charge in [0.05, 0.1) is 6.33 Å². The highest BCUT2D eigenvalue weighted by Crippen LogP contribution is 2.27. The third-order valence-electron chi connectivity index (χ3n) is 2.75. The predicted molar refractivity (Wildman–Crippen MR) is 89.3 cm³/mol. The van der Waals surface area contributed by atoms with Gasteiger partial charge >= 0.3 is 0 Å². The number of rotatable bonds is 2. The van der Waals surface area contributed by atoms with Gasteiger partial charge in [-0.2, -0.15) is 0 Å². The molecular formula is C14H8BrIN2O2. The lowest BCUT2D eigenvalue weighted by Gasteiger charge is -2.07. The number of aromatic nitrogens is 2. The van der Waals surface area contributed by atoms with Crippen LogP contribution in [0.25, 0.3) is 10.8 Å². The fourth-order valence-corrected chi connectivity index (χ4v) is 2.59. The Labute approximate surface area is 136 Å². The summed E-state index contributed by atoms with van der Waals surface area (Å²) in [6.45, 7) is 0. The van der Waals surface area contributed by atoms with Crippen molar-refractivity contribution in [2.24, 2.45) is 0 Å². The first-order valence-corrected chi connectivity index (χ1v) is 7.61. The molecule has 0 saturated heterocycles. The van der Waals surface area contributed by atoms with E-state index in [1.807, 2.05) is 59.0 Å². The minimum Gasteiger partial charge on any atom is -0.438 e. The summed E-state index contributed by atoms with van der Waals surface area (Å²) in [7, 11) is 0. The fourth-order valence-electron chi connectivity index (χ4n) is 1.81. The van der Waals surface area contributed by atoms with Crippen LogP contribution < -0.4 is 10.3 Å². The molecule has 0 bridgehead atoms. The molecule has 3 aromatic rings. The fraction of sp³-hybridized carbons (Fsp3) is 0. The molecule has 3 rings (SSSR count). The molecule has 2 aromatic carbocycles. The van der Waals surface area contributed by atoms with Gasteiger partial charge in [-0.15, -0.1) is 0 Å². The first-order valence-electron chi connectivity index (χ1n) is 5.74. The summed E-state index contributed by atoms with van der Waals surface area (Å²) in [5.74, 6) is 0.960. The second-order valence-corrected chi connectivity index (χ2v) is 6.10. The molecule has 0 radical (unpaired) electrons. The number of hydrogen-bond acceptors (Lipinski definition) is 3. The molecule has 1 aromatic heterocycles. The summed E-state index contributed by atoms with van der Waals surface area (Å²) in [4.78, 5) is 18.0. The molecule has 4 nitrogen and oxygen atoms in total. The van der Waals surface area contributed by atoms with E-state index < -0.39 is 0 Å². The van der Waals surface area contributed by atoms with E-state index in [4.69, 9.17) is 4.74 Å². The van der Waals surface area contributed by atoms with Gasteiger partial charge in [0, 0.05) is 4.47 Å². The minimum absolute atomic E-state index is 0.208. The molecule has 0 aliphatic carbocycles. The van der Waals surface area contributed by atoms with E-state index in [0.29, 0.717) is 15.2 Å². The normalized spacial score (nSPS) is 10.7. The Kier molecular flexibility index (Phi) is 3.75. The van der Waals surface area contributed by atoms with Gasteiger partial charge in [0.2, 0.25) is 5.88 Å². The van der Waals surface area contributed by atoms with Crippen molar-refractivity contribution in [3.8, 4) is 11.6 Å². The molecule has 0 atom stereocenters. The quantitative estimate of drug-likeness (QED) is 0.608. The van der Waals surface area contributed by atoms with Crippen LogP contribution in [0.3, 0.4) is 0 Å². The first kappa shape index (κ1) is 13.6. The van der Waals surface area contributed by atoms with Crippen molar-refractivity contribution >= 4 is 49.3 Å². The number of nitrogens with one attached hydrogen (secondary N) is 1. The molecule has 0 aliphatic heterocycles. The van der Waals surface area contributed by atoms with Crippen molar-refractivity contribution < 1.29 is 4.74 Å². The van der Waals surface area contributed by atoms with E-state index in [-0.39, 0.29) is 5.56 Å². The zero-order chi connectivity index (χ0) is 14.1. The number of halogens is 2. The second-order valence-electron chi connectivity index (χ2n) is 4.11. The third kappa shape index (κ3) is 2.71. The predicted octanol–water partition coefficient (Wildman–Crippen LogP) is 4.08. The lowest BCUT2D eigenvalue weighted by atomic mass is 10.1. The number of aromatic amines is 1. The highest BCUT2D eigenvalue weighted by molar-refractivity contribution is 14.1. The molecule has 6 heteroatoms. The largest absolute Gasteiger partial charge is 0.438 e. The van der Waals surface area contributed by atoms with E-state index in [9.17, 15) is 4.79 Å². The maximum absolute atomic E-state index is 11.5. The number of nitrogens with zero attached hydrogens (tertiary/aromatic N) is 1. The van der Waals surface area contributed by atoms with Crippen molar-refractivity contribution in [3.05, 3.63) is 61.1 Å². The molecule has 1 heterocycles. The SMILES string of the molecule is O=c1[nH]cnc(Oc2ccc3cc(Br)ccc3c2)c1I. The molecule has 0 amide bonds. The second kappa shape index (κ2) is 5.53. The average Bonchev–Trinajstić information content (AvgIpc) is 2.44. The Morgan fingerprint density at radius 1 is 1.15 bits per heavy atom. The van der Waals surface area contributed by atoms with Crippen LogP contribution in [0.4, 0.5) is 0 Å². The smallest absolute Gasteiger partial charge is 0.268 e. The maximum Gasteiger partial charge on any atom is 0.268 e. The zero-order valence-electron chi connectivity index (χ0n) is 10.1. The Bertz CT molecular complexity index is 848. The van der Waals surface area contributed by atoms with Crippen molar-refractivity contribution in [2.45, 2.75) is 0 Å².